The molecule has 15 heavy (non-hydrogen) atoms. The molecule has 0 aliphatic heterocycles. The van der Waals surface area contributed by atoms with E-state index in [0.29, 0.717) is 24.9 Å². The first kappa shape index (κ1) is 11.4. The molecule has 0 unspecified atom stereocenters. The van der Waals surface area contributed by atoms with Crippen molar-refractivity contribution in [2.24, 2.45) is 0 Å². The third-order valence-corrected chi connectivity index (χ3v) is 1.67. The Bertz CT molecular complexity index is 348. The first-order chi connectivity index (χ1) is 7.11. The maximum atomic E-state index is 10.5. The first-order valence-corrected chi connectivity index (χ1v) is 4.46. The summed E-state index contributed by atoms with van der Waals surface area (Å²) in [5.74, 6) is -0.0115. The lowest BCUT2D eigenvalue weighted by Gasteiger charge is -2.15. The summed E-state index contributed by atoms with van der Waals surface area (Å²) in [5.41, 5.74) is 0. The summed E-state index contributed by atoms with van der Waals surface area (Å²) in [7, 11) is 0. The predicted octanol–water partition coefficient (Wildman–Crippen LogP) is 0.451. The standard InChI is InChI=1S/C9H13N3O3/c1-3-4-12(6-9(13)14)5-8-11-10-7(2)15-8/h3H,1,4-6H2,2H3,(H,13,14). The van der Waals surface area contributed by atoms with E-state index in [1.54, 1.807) is 17.9 Å². The maximum Gasteiger partial charge on any atom is 0.317 e. The molecule has 0 fully saturated rings. The minimum Gasteiger partial charge on any atom is -0.480 e. The summed E-state index contributed by atoms with van der Waals surface area (Å²) in [6, 6.07) is 0. The number of hydrogen-bond donors (Lipinski definition) is 1. The normalized spacial score (nSPS) is 10.5. The van der Waals surface area contributed by atoms with E-state index in [9.17, 15) is 4.79 Å². The summed E-state index contributed by atoms with van der Waals surface area (Å²) in [4.78, 5) is 12.2. The minimum absolute atomic E-state index is 0.0759. The average Bonchev–Trinajstić information content (AvgIpc) is 2.50. The van der Waals surface area contributed by atoms with Crippen molar-refractivity contribution in [1.29, 1.82) is 0 Å². The van der Waals surface area contributed by atoms with Crippen molar-refractivity contribution in [3.63, 3.8) is 0 Å². The van der Waals surface area contributed by atoms with Crippen LogP contribution in [0.1, 0.15) is 11.8 Å². The maximum absolute atomic E-state index is 10.5. The Kier molecular flexibility index (Phi) is 3.99. The molecule has 1 N–H and O–H groups in total. The van der Waals surface area contributed by atoms with E-state index in [1.807, 2.05) is 0 Å². The second kappa shape index (κ2) is 5.26. The Morgan fingerprint density at radius 1 is 1.67 bits per heavy atom. The van der Waals surface area contributed by atoms with Crippen molar-refractivity contribution in [2.75, 3.05) is 13.1 Å². The van der Waals surface area contributed by atoms with Crippen molar-refractivity contribution in [1.82, 2.24) is 15.1 Å². The van der Waals surface area contributed by atoms with Gasteiger partial charge in [-0.2, -0.15) is 0 Å². The van der Waals surface area contributed by atoms with E-state index in [2.05, 4.69) is 16.8 Å². The topological polar surface area (TPSA) is 79.5 Å². The molecule has 1 heterocycles. The number of carboxylic acids is 1. The van der Waals surface area contributed by atoms with Gasteiger partial charge in [0.1, 0.15) is 0 Å². The molecule has 0 atom stereocenters. The van der Waals surface area contributed by atoms with Crippen LogP contribution in [0.25, 0.3) is 0 Å². The molecule has 6 heteroatoms. The van der Waals surface area contributed by atoms with Crippen LogP contribution >= 0.6 is 0 Å². The monoisotopic (exact) mass is 211 g/mol. The molecule has 1 aromatic rings. The molecule has 0 aliphatic carbocycles. The van der Waals surface area contributed by atoms with Gasteiger partial charge in [-0.1, -0.05) is 6.08 Å². The van der Waals surface area contributed by atoms with Crippen LogP contribution < -0.4 is 0 Å². The molecule has 1 rings (SSSR count). The van der Waals surface area contributed by atoms with Gasteiger partial charge in [-0.3, -0.25) is 9.69 Å². The van der Waals surface area contributed by atoms with Gasteiger partial charge in [-0.15, -0.1) is 16.8 Å². The zero-order valence-corrected chi connectivity index (χ0v) is 8.51. The number of carbonyl (C=O) groups is 1. The number of hydrogen-bond acceptors (Lipinski definition) is 5. The third kappa shape index (κ3) is 3.90. The lowest BCUT2D eigenvalue weighted by molar-refractivity contribution is -0.138. The zero-order valence-electron chi connectivity index (χ0n) is 8.51. The Hall–Kier alpha value is -1.69. The summed E-state index contributed by atoms with van der Waals surface area (Å²) in [6.45, 7) is 5.95. The highest BCUT2D eigenvalue weighted by atomic mass is 16.4. The van der Waals surface area contributed by atoms with Gasteiger partial charge >= 0.3 is 5.97 Å². The predicted molar refractivity (Wildman–Crippen MR) is 52.1 cm³/mol. The molecule has 1 aromatic heterocycles. The number of aromatic nitrogens is 2. The molecule has 0 aliphatic rings. The second-order valence-electron chi connectivity index (χ2n) is 3.07. The third-order valence-electron chi connectivity index (χ3n) is 1.67. The van der Waals surface area contributed by atoms with Crippen LogP contribution in [0.15, 0.2) is 17.1 Å². The first-order valence-electron chi connectivity index (χ1n) is 4.46. The summed E-state index contributed by atoms with van der Waals surface area (Å²) in [6.07, 6.45) is 1.63. The molecule has 6 nitrogen and oxygen atoms in total. The van der Waals surface area contributed by atoms with E-state index in [4.69, 9.17) is 9.52 Å². The van der Waals surface area contributed by atoms with E-state index in [0.717, 1.165) is 0 Å². The Labute approximate surface area is 87.2 Å². The van der Waals surface area contributed by atoms with Crippen molar-refractivity contribution < 1.29 is 14.3 Å². The Balaban J connectivity index is 2.57. The molecule has 0 bridgehead atoms. The smallest absolute Gasteiger partial charge is 0.317 e. The number of aliphatic carboxylic acids is 1. The van der Waals surface area contributed by atoms with Crippen LogP contribution in [0.2, 0.25) is 0 Å². The SMILES string of the molecule is C=CCN(CC(=O)O)Cc1nnc(C)o1. The van der Waals surface area contributed by atoms with Gasteiger partial charge in [0.25, 0.3) is 0 Å². The van der Waals surface area contributed by atoms with Crippen molar-refractivity contribution >= 4 is 5.97 Å². The van der Waals surface area contributed by atoms with Gasteiger partial charge in [0.2, 0.25) is 11.8 Å². The minimum atomic E-state index is -0.895. The molecular weight excluding hydrogens is 198 g/mol. The van der Waals surface area contributed by atoms with Crippen LogP contribution in [-0.4, -0.2) is 39.3 Å². The number of aryl methyl sites for hydroxylation is 1. The highest BCUT2D eigenvalue weighted by Crippen LogP contribution is 2.02. The molecule has 82 valence electrons. The lowest BCUT2D eigenvalue weighted by Crippen LogP contribution is -2.29. The Morgan fingerprint density at radius 3 is 2.87 bits per heavy atom. The van der Waals surface area contributed by atoms with Crippen molar-refractivity contribution in [2.45, 2.75) is 13.5 Å². The highest BCUT2D eigenvalue weighted by molar-refractivity contribution is 5.69. The fourth-order valence-corrected chi connectivity index (χ4v) is 1.15. The molecule has 0 aromatic carbocycles. The molecule has 0 radical (unpaired) electrons. The highest BCUT2D eigenvalue weighted by Gasteiger charge is 2.12. The van der Waals surface area contributed by atoms with Crippen LogP contribution in [0.5, 0.6) is 0 Å². The molecule has 0 saturated heterocycles. The van der Waals surface area contributed by atoms with E-state index in [1.165, 1.54) is 0 Å². The summed E-state index contributed by atoms with van der Waals surface area (Å²) in [5, 5.41) is 16.1. The number of rotatable bonds is 6. The lowest BCUT2D eigenvalue weighted by atomic mass is 10.4. The van der Waals surface area contributed by atoms with E-state index >= 15 is 0 Å². The summed E-state index contributed by atoms with van der Waals surface area (Å²) < 4.78 is 5.15. The van der Waals surface area contributed by atoms with Gasteiger partial charge in [0, 0.05) is 13.5 Å². The van der Waals surface area contributed by atoms with E-state index in [-0.39, 0.29) is 6.54 Å². The van der Waals surface area contributed by atoms with Gasteiger partial charge in [0.05, 0.1) is 13.1 Å². The van der Waals surface area contributed by atoms with Crippen LogP contribution in [0, 0.1) is 6.92 Å². The van der Waals surface area contributed by atoms with Crippen LogP contribution in [-0.2, 0) is 11.3 Å². The Morgan fingerprint density at radius 2 is 2.40 bits per heavy atom. The summed E-state index contributed by atoms with van der Waals surface area (Å²) >= 11 is 0. The van der Waals surface area contributed by atoms with Gasteiger partial charge in [0.15, 0.2) is 0 Å². The number of carboxylic acid groups (broad SMARTS) is 1. The quantitative estimate of drug-likeness (QED) is 0.688. The largest absolute Gasteiger partial charge is 0.480 e. The fourth-order valence-electron chi connectivity index (χ4n) is 1.15. The van der Waals surface area contributed by atoms with Gasteiger partial charge in [-0.05, 0) is 0 Å². The molecular formula is C9H13N3O3. The van der Waals surface area contributed by atoms with Gasteiger partial charge in [-0.25, -0.2) is 0 Å². The van der Waals surface area contributed by atoms with Gasteiger partial charge < -0.3 is 9.52 Å². The van der Waals surface area contributed by atoms with Crippen LogP contribution in [0.3, 0.4) is 0 Å². The van der Waals surface area contributed by atoms with Crippen molar-refractivity contribution in [3.05, 3.63) is 24.4 Å². The van der Waals surface area contributed by atoms with E-state index < -0.39 is 5.97 Å². The fraction of sp³-hybridized carbons (Fsp3) is 0.444. The molecule has 0 saturated carbocycles. The number of nitrogens with zero attached hydrogens (tertiary/aromatic N) is 3. The average molecular weight is 211 g/mol. The molecule has 0 amide bonds. The second-order valence-corrected chi connectivity index (χ2v) is 3.07. The molecule has 0 spiro atoms. The van der Waals surface area contributed by atoms with Crippen molar-refractivity contribution in [3.8, 4) is 0 Å². The zero-order chi connectivity index (χ0) is 11.3. The van der Waals surface area contributed by atoms with Crippen LogP contribution in [0.4, 0.5) is 0 Å².